The Bertz CT molecular complexity index is 1080. The van der Waals surface area contributed by atoms with Crippen LogP contribution in [0.5, 0.6) is 5.75 Å². The lowest BCUT2D eigenvalue weighted by atomic mass is 9.82. The highest BCUT2D eigenvalue weighted by molar-refractivity contribution is 6.02. The van der Waals surface area contributed by atoms with E-state index in [-0.39, 0.29) is 12.0 Å². The van der Waals surface area contributed by atoms with Crippen molar-refractivity contribution in [2.24, 2.45) is 0 Å². The number of ether oxygens (including phenoxy) is 1. The SMILES string of the molecule is OC1CCCCC1c1ccc(OCc2c3ccccc3cc3ccccc23)cc1. The average Bonchev–Trinajstić information content (AvgIpc) is 2.77. The first-order valence-corrected chi connectivity index (χ1v) is 10.6. The molecule has 0 aromatic heterocycles. The van der Waals surface area contributed by atoms with E-state index < -0.39 is 0 Å². The lowest BCUT2D eigenvalue weighted by Crippen LogP contribution is -2.22. The van der Waals surface area contributed by atoms with Crippen molar-refractivity contribution in [2.75, 3.05) is 0 Å². The van der Waals surface area contributed by atoms with Gasteiger partial charge >= 0.3 is 0 Å². The molecule has 1 fully saturated rings. The molecular formula is C27H26O2. The second-order valence-corrected chi connectivity index (χ2v) is 8.11. The molecule has 0 saturated heterocycles. The molecule has 2 heteroatoms. The Hall–Kier alpha value is -2.84. The number of hydrogen-bond donors (Lipinski definition) is 1. The van der Waals surface area contributed by atoms with Gasteiger partial charge in [-0.1, -0.05) is 73.5 Å². The van der Waals surface area contributed by atoms with Crippen molar-refractivity contribution in [1.29, 1.82) is 0 Å². The zero-order valence-electron chi connectivity index (χ0n) is 16.6. The molecule has 2 nitrogen and oxygen atoms in total. The van der Waals surface area contributed by atoms with Crippen LogP contribution in [0, 0.1) is 0 Å². The zero-order valence-corrected chi connectivity index (χ0v) is 16.6. The van der Waals surface area contributed by atoms with Crippen LogP contribution in [0.1, 0.15) is 42.7 Å². The Balaban J connectivity index is 1.41. The third-order valence-corrected chi connectivity index (χ3v) is 6.30. The molecule has 0 heterocycles. The van der Waals surface area contributed by atoms with Gasteiger partial charge in [0.2, 0.25) is 0 Å². The van der Waals surface area contributed by atoms with E-state index in [1.54, 1.807) is 0 Å². The summed E-state index contributed by atoms with van der Waals surface area (Å²) in [4.78, 5) is 0. The molecule has 1 aliphatic rings. The number of rotatable bonds is 4. The fourth-order valence-corrected chi connectivity index (χ4v) is 4.73. The Morgan fingerprint density at radius 2 is 1.38 bits per heavy atom. The van der Waals surface area contributed by atoms with Crippen LogP contribution in [0.15, 0.2) is 78.9 Å². The molecule has 4 aromatic carbocycles. The Kier molecular flexibility index (Phi) is 4.95. The van der Waals surface area contributed by atoms with Crippen LogP contribution in [-0.2, 0) is 6.61 Å². The van der Waals surface area contributed by atoms with Gasteiger partial charge in [0.05, 0.1) is 6.10 Å². The summed E-state index contributed by atoms with van der Waals surface area (Å²) < 4.78 is 6.21. The van der Waals surface area contributed by atoms with Gasteiger partial charge in [-0.2, -0.15) is 0 Å². The average molecular weight is 383 g/mol. The predicted molar refractivity (Wildman–Crippen MR) is 119 cm³/mol. The molecule has 29 heavy (non-hydrogen) atoms. The van der Waals surface area contributed by atoms with Gasteiger partial charge < -0.3 is 9.84 Å². The summed E-state index contributed by atoms with van der Waals surface area (Å²) in [6, 6.07) is 27.6. The van der Waals surface area contributed by atoms with E-state index in [1.165, 1.54) is 39.1 Å². The summed E-state index contributed by atoms with van der Waals surface area (Å²) in [6.07, 6.45) is 4.12. The van der Waals surface area contributed by atoms with Crippen LogP contribution in [0.3, 0.4) is 0 Å². The Labute approximate surface area is 171 Å². The first-order chi connectivity index (χ1) is 14.3. The fourth-order valence-electron chi connectivity index (χ4n) is 4.73. The molecule has 0 amide bonds. The van der Waals surface area contributed by atoms with Crippen LogP contribution >= 0.6 is 0 Å². The van der Waals surface area contributed by atoms with E-state index >= 15 is 0 Å². The molecule has 0 aliphatic heterocycles. The van der Waals surface area contributed by atoms with E-state index in [1.807, 2.05) is 12.1 Å². The van der Waals surface area contributed by atoms with Crippen molar-refractivity contribution < 1.29 is 9.84 Å². The summed E-state index contributed by atoms with van der Waals surface area (Å²) >= 11 is 0. The van der Waals surface area contributed by atoms with Crippen molar-refractivity contribution in [3.8, 4) is 5.75 Å². The summed E-state index contributed by atoms with van der Waals surface area (Å²) in [5.74, 6) is 1.14. The van der Waals surface area contributed by atoms with Crippen molar-refractivity contribution in [3.63, 3.8) is 0 Å². The van der Waals surface area contributed by atoms with Crippen LogP contribution in [0.4, 0.5) is 0 Å². The minimum absolute atomic E-state index is 0.211. The maximum Gasteiger partial charge on any atom is 0.119 e. The molecule has 4 aromatic rings. The summed E-state index contributed by atoms with van der Waals surface area (Å²) in [5.41, 5.74) is 2.45. The molecule has 0 spiro atoms. The van der Waals surface area contributed by atoms with Crippen LogP contribution in [0.2, 0.25) is 0 Å². The lowest BCUT2D eigenvalue weighted by Gasteiger charge is -2.28. The van der Waals surface area contributed by atoms with Gasteiger partial charge in [-0.3, -0.25) is 0 Å². The van der Waals surface area contributed by atoms with Crippen LogP contribution in [0.25, 0.3) is 21.5 Å². The molecule has 5 rings (SSSR count). The third kappa shape index (κ3) is 3.61. The maximum absolute atomic E-state index is 10.3. The maximum atomic E-state index is 10.3. The van der Waals surface area contributed by atoms with Crippen molar-refractivity contribution in [3.05, 3.63) is 90.0 Å². The minimum Gasteiger partial charge on any atom is -0.489 e. The summed E-state index contributed by atoms with van der Waals surface area (Å²) in [6.45, 7) is 0.535. The first-order valence-electron chi connectivity index (χ1n) is 10.6. The third-order valence-electron chi connectivity index (χ3n) is 6.30. The predicted octanol–water partition coefficient (Wildman–Crippen LogP) is 6.59. The molecular weight excluding hydrogens is 356 g/mol. The van der Waals surface area contributed by atoms with Crippen LogP contribution in [-0.4, -0.2) is 11.2 Å². The number of aliphatic hydroxyl groups is 1. The van der Waals surface area contributed by atoms with Crippen molar-refractivity contribution >= 4 is 21.5 Å². The number of fused-ring (bicyclic) bond motifs is 2. The van der Waals surface area contributed by atoms with Gasteiger partial charge in [-0.15, -0.1) is 0 Å². The fraction of sp³-hybridized carbons (Fsp3) is 0.259. The van der Waals surface area contributed by atoms with Gasteiger partial charge in [-0.25, -0.2) is 0 Å². The highest BCUT2D eigenvalue weighted by Gasteiger charge is 2.24. The molecule has 2 atom stereocenters. The smallest absolute Gasteiger partial charge is 0.119 e. The van der Waals surface area contributed by atoms with Crippen LogP contribution < -0.4 is 4.74 Å². The largest absolute Gasteiger partial charge is 0.489 e. The van der Waals surface area contributed by atoms with E-state index in [4.69, 9.17) is 4.74 Å². The van der Waals surface area contributed by atoms with Gasteiger partial charge in [0.1, 0.15) is 12.4 Å². The first kappa shape index (κ1) is 18.2. The monoisotopic (exact) mass is 382 g/mol. The topological polar surface area (TPSA) is 29.5 Å². The molecule has 0 radical (unpaired) electrons. The lowest BCUT2D eigenvalue weighted by molar-refractivity contribution is 0.106. The van der Waals surface area contributed by atoms with Gasteiger partial charge in [-0.05, 0) is 58.1 Å². The second kappa shape index (κ2) is 7.88. The minimum atomic E-state index is -0.211. The molecule has 1 aliphatic carbocycles. The summed E-state index contributed by atoms with van der Waals surface area (Å²) in [5, 5.41) is 15.3. The molecule has 2 unspecified atom stereocenters. The van der Waals surface area contributed by atoms with Gasteiger partial charge in [0, 0.05) is 11.5 Å². The standard InChI is InChI=1S/C27H26O2/c28-27-12-6-5-11-25(27)19-13-15-22(16-14-19)29-18-26-23-9-3-1-7-20(23)17-21-8-2-4-10-24(21)26/h1-4,7-10,13-17,25,27-28H,5-6,11-12,18H2. The summed E-state index contributed by atoms with van der Waals surface area (Å²) in [7, 11) is 0. The number of hydrogen-bond acceptors (Lipinski definition) is 2. The second-order valence-electron chi connectivity index (χ2n) is 8.11. The highest BCUT2D eigenvalue weighted by atomic mass is 16.5. The highest BCUT2D eigenvalue weighted by Crippen LogP contribution is 2.34. The van der Waals surface area contributed by atoms with Gasteiger partial charge in [0.15, 0.2) is 0 Å². The zero-order chi connectivity index (χ0) is 19.6. The van der Waals surface area contributed by atoms with Crippen molar-refractivity contribution in [2.45, 2.75) is 44.3 Å². The molecule has 1 saturated carbocycles. The number of benzene rings is 4. The Morgan fingerprint density at radius 1 is 0.759 bits per heavy atom. The van der Waals surface area contributed by atoms with E-state index in [2.05, 4.69) is 66.7 Å². The molecule has 1 N–H and O–H groups in total. The number of aliphatic hydroxyl groups excluding tert-OH is 1. The Morgan fingerprint density at radius 3 is 2.03 bits per heavy atom. The van der Waals surface area contributed by atoms with E-state index in [0.29, 0.717) is 6.61 Å². The van der Waals surface area contributed by atoms with E-state index in [9.17, 15) is 5.11 Å². The van der Waals surface area contributed by atoms with Gasteiger partial charge in [0.25, 0.3) is 0 Å². The molecule has 0 bridgehead atoms. The van der Waals surface area contributed by atoms with E-state index in [0.717, 1.165) is 25.0 Å². The molecule has 146 valence electrons. The normalized spacial score (nSPS) is 19.5. The van der Waals surface area contributed by atoms with Crippen molar-refractivity contribution in [1.82, 2.24) is 0 Å². The quantitative estimate of drug-likeness (QED) is 0.403.